The Labute approximate surface area is 118 Å². The van der Waals surface area contributed by atoms with Crippen LogP contribution >= 0.6 is 15.9 Å². The van der Waals surface area contributed by atoms with Gasteiger partial charge in [0.25, 0.3) is 5.91 Å². The standard InChI is InChI=1S/C14H12BrFN2O/c15-12-7-6-10(16)8-11(12)13(17)18-14(19)9-4-2-1-3-5-9/h1-8,13H,17H2,(H,18,19). The molecule has 2 aromatic rings. The largest absolute Gasteiger partial charge is 0.333 e. The summed E-state index contributed by atoms with van der Waals surface area (Å²) in [5, 5.41) is 2.62. The number of carbonyl (C=O) groups excluding carboxylic acids is 1. The van der Waals surface area contributed by atoms with Crippen molar-refractivity contribution < 1.29 is 9.18 Å². The van der Waals surface area contributed by atoms with Crippen molar-refractivity contribution in [2.24, 2.45) is 5.73 Å². The van der Waals surface area contributed by atoms with Crippen LogP contribution in [-0.2, 0) is 0 Å². The minimum Gasteiger partial charge on any atom is -0.333 e. The van der Waals surface area contributed by atoms with E-state index >= 15 is 0 Å². The lowest BCUT2D eigenvalue weighted by Crippen LogP contribution is -2.34. The molecule has 19 heavy (non-hydrogen) atoms. The van der Waals surface area contributed by atoms with Gasteiger partial charge in [0.2, 0.25) is 0 Å². The Morgan fingerprint density at radius 2 is 1.89 bits per heavy atom. The maximum absolute atomic E-state index is 13.2. The number of hydrogen-bond donors (Lipinski definition) is 2. The Morgan fingerprint density at radius 1 is 1.21 bits per heavy atom. The van der Waals surface area contributed by atoms with Crippen LogP contribution in [0.5, 0.6) is 0 Å². The third-order valence-corrected chi connectivity index (χ3v) is 3.34. The van der Waals surface area contributed by atoms with E-state index in [4.69, 9.17) is 5.73 Å². The number of amides is 1. The SMILES string of the molecule is NC(NC(=O)c1ccccc1)c1cc(F)ccc1Br. The number of halogens is 2. The average Bonchev–Trinajstić information content (AvgIpc) is 2.42. The van der Waals surface area contributed by atoms with Crippen LogP contribution in [0.25, 0.3) is 0 Å². The van der Waals surface area contributed by atoms with E-state index in [0.717, 1.165) is 0 Å². The maximum Gasteiger partial charge on any atom is 0.252 e. The van der Waals surface area contributed by atoms with E-state index in [-0.39, 0.29) is 5.91 Å². The van der Waals surface area contributed by atoms with E-state index in [2.05, 4.69) is 21.2 Å². The highest BCUT2D eigenvalue weighted by Gasteiger charge is 2.14. The topological polar surface area (TPSA) is 55.1 Å². The summed E-state index contributed by atoms with van der Waals surface area (Å²) in [5.74, 6) is -0.702. The highest BCUT2D eigenvalue weighted by molar-refractivity contribution is 9.10. The maximum atomic E-state index is 13.2. The monoisotopic (exact) mass is 322 g/mol. The normalized spacial score (nSPS) is 11.9. The summed E-state index contributed by atoms with van der Waals surface area (Å²) in [5.41, 5.74) is 6.87. The zero-order valence-electron chi connectivity index (χ0n) is 9.94. The van der Waals surface area contributed by atoms with Gasteiger partial charge in [-0.3, -0.25) is 4.79 Å². The van der Waals surface area contributed by atoms with Gasteiger partial charge in [0.15, 0.2) is 0 Å². The van der Waals surface area contributed by atoms with Crippen molar-refractivity contribution in [2.45, 2.75) is 6.17 Å². The van der Waals surface area contributed by atoms with E-state index in [1.54, 1.807) is 30.3 Å². The predicted molar refractivity (Wildman–Crippen MR) is 74.9 cm³/mol. The molecule has 3 N–H and O–H groups in total. The van der Waals surface area contributed by atoms with Crippen molar-refractivity contribution in [3.63, 3.8) is 0 Å². The molecule has 0 radical (unpaired) electrons. The molecule has 0 heterocycles. The second-order valence-electron chi connectivity index (χ2n) is 3.98. The van der Waals surface area contributed by atoms with Crippen LogP contribution in [0, 0.1) is 5.82 Å². The van der Waals surface area contributed by atoms with Gasteiger partial charge in [0.1, 0.15) is 12.0 Å². The quantitative estimate of drug-likeness (QED) is 0.853. The van der Waals surface area contributed by atoms with Crippen molar-refractivity contribution in [3.8, 4) is 0 Å². The summed E-state index contributed by atoms with van der Waals surface area (Å²) in [6.07, 6.45) is -0.780. The summed E-state index contributed by atoms with van der Waals surface area (Å²) in [4.78, 5) is 11.9. The Balaban J connectivity index is 2.15. The first-order chi connectivity index (χ1) is 9.08. The van der Waals surface area contributed by atoms with Crippen LogP contribution in [0.15, 0.2) is 53.0 Å². The molecular formula is C14H12BrFN2O. The Kier molecular flexibility index (Phi) is 4.29. The summed E-state index contributed by atoms with van der Waals surface area (Å²) >= 11 is 3.28. The second-order valence-corrected chi connectivity index (χ2v) is 4.84. The van der Waals surface area contributed by atoms with Gasteiger partial charge in [-0.2, -0.15) is 0 Å². The Morgan fingerprint density at radius 3 is 2.58 bits per heavy atom. The van der Waals surface area contributed by atoms with Gasteiger partial charge in [0, 0.05) is 15.6 Å². The number of hydrogen-bond acceptors (Lipinski definition) is 2. The van der Waals surface area contributed by atoms with Crippen molar-refractivity contribution in [3.05, 3.63) is 69.9 Å². The average molecular weight is 323 g/mol. The smallest absolute Gasteiger partial charge is 0.252 e. The van der Waals surface area contributed by atoms with Gasteiger partial charge in [-0.25, -0.2) is 4.39 Å². The third-order valence-electron chi connectivity index (χ3n) is 2.62. The Bertz CT molecular complexity index is 589. The van der Waals surface area contributed by atoms with E-state index in [1.807, 2.05) is 6.07 Å². The molecule has 0 aromatic heterocycles. The molecule has 0 spiro atoms. The fourth-order valence-electron chi connectivity index (χ4n) is 1.64. The molecule has 1 unspecified atom stereocenters. The van der Waals surface area contributed by atoms with E-state index in [9.17, 15) is 9.18 Å². The highest BCUT2D eigenvalue weighted by atomic mass is 79.9. The molecule has 5 heteroatoms. The highest BCUT2D eigenvalue weighted by Crippen LogP contribution is 2.22. The molecule has 0 fully saturated rings. The minimum absolute atomic E-state index is 0.302. The first kappa shape index (κ1) is 13.7. The Hall–Kier alpha value is -1.72. The summed E-state index contributed by atoms with van der Waals surface area (Å²) in [6.45, 7) is 0. The number of carbonyl (C=O) groups is 1. The minimum atomic E-state index is -0.780. The number of nitrogens with one attached hydrogen (secondary N) is 1. The molecule has 2 rings (SSSR count). The summed E-state index contributed by atoms with van der Waals surface area (Å²) in [7, 11) is 0. The molecule has 1 atom stereocenters. The molecule has 2 aromatic carbocycles. The van der Waals surface area contributed by atoms with Gasteiger partial charge in [-0.1, -0.05) is 34.1 Å². The molecular weight excluding hydrogens is 311 g/mol. The molecule has 0 aliphatic rings. The van der Waals surface area contributed by atoms with Crippen molar-refractivity contribution >= 4 is 21.8 Å². The summed E-state index contributed by atoms with van der Waals surface area (Å²) in [6, 6.07) is 12.9. The van der Waals surface area contributed by atoms with E-state index in [1.165, 1.54) is 12.1 Å². The van der Waals surface area contributed by atoms with Gasteiger partial charge in [0.05, 0.1) is 0 Å². The van der Waals surface area contributed by atoms with E-state index in [0.29, 0.717) is 15.6 Å². The van der Waals surface area contributed by atoms with Crippen LogP contribution < -0.4 is 11.1 Å². The van der Waals surface area contributed by atoms with E-state index < -0.39 is 12.0 Å². The van der Waals surface area contributed by atoms with Gasteiger partial charge < -0.3 is 11.1 Å². The molecule has 0 saturated carbocycles. The third kappa shape index (κ3) is 3.39. The molecule has 1 amide bonds. The lowest BCUT2D eigenvalue weighted by Gasteiger charge is -2.16. The van der Waals surface area contributed by atoms with Gasteiger partial charge in [-0.05, 0) is 30.3 Å². The van der Waals surface area contributed by atoms with Crippen LogP contribution in [0.3, 0.4) is 0 Å². The van der Waals surface area contributed by atoms with Crippen molar-refractivity contribution in [1.29, 1.82) is 0 Å². The lowest BCUT2D eigenvalue weighted by atomic mass is 10.1. The van der Waals surface area contributed by atoms with Gasteiger partial charge in [-0.15, -0.1) is 0 Å². The number of nitrogens with two attached hydrogens (primary N) is 1. The van der Waals surface area contributed by atoms with Crippen molar-refractivity contribution in [1.82, 2.24) is 5.32 Å². The number of benzene rings is 2. The molecule has 3 nitrogen and oxygen atoms in total. The molecule has 0 saturated heterocycles. The molecule has 0 aliphatic heterocycles. The zero-order chi connectivity index (χ0) is 13.8. The van der Waals surface area contributed by atoms with Crippen LogP contribution in [-0.4, -0.2) is 5.91 Å². The first-order valence-corrected chi connectivity index (χ1v) is 6.43. The van der Waals surface area contributed by atoms with Crippen molar-refractivity contribution in [2.75, 3.05) is 0 Å². The van der Waals surface area contributed by atoms with Crippen LogP contribution in [0.2, 0.25) is 0 Å². The lowest BCUT2D eigenvalue weighted by molar-refractivity contribution is 0.0937. The fourth-order valence-corrected chi connectivity index (χ4v) is 2.14. The second kappa shape index (κ2) is 5.95. The molecule has 0 bridgehead atoms. The first-order valence-electron chi connectivity index (χ1n) is 5.64. The molecule has 98 valence electrons. The summed E-state index contributed by atoms with van der Waals surface area (Å²) < 4.78 is 13.8. The zero-order valence-corrected chi connectivity index (χ0v) is 11.5. The molecule has 0 aliphatic carbocycles. The van der Waals surface area contributed by atoms with Crippen LogP contribution in [0.4, 0.5) is 4.39 Å². The fraction of sp³-hybridized carbons (Fsp3) is 0.0714. The van der Waals surface area contributed by atoms with Crippen LogP contribution in [0.1, 0.15) is 22.1 Å². The number of rotatable bonds is 3. The van der Waals surface area contributed by atoms with Gasteiger partial charge >= 0.3 is 0 Å². The predicted octanol–water partition coefficient (Wildman–Crippen LogP) is 2.98.